The number of nitrogens with zero attached hydrogens (tertiary/aromatic N) is 6. The van der Waals surface area contributed by atoms with E-state index in [1.54, 1.807) is 0 Å². The van der Waals surface area contributed by atoms with E-state index in [0.29, 0.717) is 35.8 Å². The van der Waals surface area contributed by atoms with Crippen molar-refractivity contribution in [1.29, 1.82) is 0 Å². The van der Waals surface area contributed by atoms with Gasteiger partial charge >= 0.3 is 0 Å². The Balaban J connectivity index is 0.000000162. The minimum Gasteiger partial charge on any atom is -0.360 e. The van der Waals surface area contributed by atoms with Gasteiger partial charge in [0.05, 0.1) is 11.4 Å². The third kappa shape index (κ3) is 9.77. The van der Waals surface area contributed by atoms with Crippen molar-refractivity contribution in [2.45, 2.75) is 37.5 Å². The van der Waals surface area contributed by atoms with Crippen molar-refractivity contribution in [3.63, 3.8) is 0 Å². The van der Waals surface area contributed by atoms with Crippen LogP contribution in [0.2, 0.25) is 0 Å². The molecule has 4 heterocycles. The van der Waals surface area contributed by atoms with Crippen LogP contribution in [0.4, 0.5) is 0 Å². The summed E-state index contributed by atoms with van der Waals surface area (Å²) in [5, 5.41) is 26.3. The van der Waals surface area contributed by atoms with E-state index in [4.69, 9.17) is 9.05 Å². The first kappa shape index (κ1) is 41.1. The maximum absolute atomic E-state index is 13.2. The average molecular weight is 839 g/mol. The summed E-state index contributed by atoms with van der Waals surface area (Å²) in [6.07, 6.45) is 1.60. The van der Waals surface area contributed by atoms with Gasteiger partial charge in [0.1, 0.15) is 34.3 Å². The summed E-state index contributed by atoms with van der Waals surface area (Å²) in [6, 6.07) is 62.4. The summed E-state index contributed by atoms with van der Waals surface area (Å²) < 4.78 is 11.5. The number of aromatic nitrogens is 2. The molecular formula is C54H42N6O4. The number of hydrogen-bond acceptors (Lipinski definition) is 10. The van der Waals surface area contributed by atoms with Crippen molar-refractivity contribution >= 4 is 34.4 Å². The third-order valence-electron chi connectivity index (χ3n) is 11.1. The second kappa shape index (κ2) is 19.6. The van der Waals surface area contributed by atoms with Crippen molar-refractivity contribution < 1.29 is 18.6 Å². The highest BCUT2D eigenvalue weighted by atomic mass is 16.5. The van der Waals surface area contributed by atoms with Crippen molar-refractivity contribution in [3.05, 3.63) is 228 Å². The molecule has 2 aromatic heterocycles. The summed E-state index contributed by atoms with van der Waals surface area (Å²) in [6.45, 7) is 0. The van der Waals surface area contributed by atoms with Crippen molar-refractivity contribution in [3.8, 4) is 22.5 Å². The van der Waals surface area contributed by atoms with Crippen LogP contribution in [-0.2, 0) is 9.59 Å². The van der Waals surface area contributed by atoms with E-state index in [2.05, 4.69) is 30.7 Å². The van der Waals surface area contributed by atoms with Crippen molar-refractivity contribution in [2.24, 2.45) is 20.4 Å². The molecule has 8 aromatic rings. The van der Waals surface area contributed by atoms with E-state index in [1.165, 1.54) is 0 Å². The van der Waals surface area contributed by atoms with E-state index in [0.717, 1.165) is 56.2 Å². The molecule has 0 N–H and O–H groups in total. The third-order valence-corrected chi connectivity index (χ3v) is 11.1. The first-order chi connectivity index (χ1) is 31.6. The number of Topliss-reactive ketones (excluding diaryl/α,β-unsaturated/α-hetero) is 2. The lowest BCUT2D eigenvalue weighted by Gasteiger charge is -2.17. The van der Waals surface area contributed by atoms with Gasteiger partial charge in [-0.25, -0.2) is 0 Å². The first-order valence-electron chi connectivity index (χ1n) is 21.2. The van der Waals surface area contributed by atoms with Crippen LogP contribution in [0.3, 0.4) is 0 Å². The van der Waals surface area contributed by atoms with Crippen LogP contribution in [0, 0.1) is 0 Å². The first-order valence-corrected chi connectivity index (χ1v) is 21.2. The maximum Gasteiger partial charge on any atom is 0.184 e. The lowest BCUT2D eigenvalue weighted by atomic mass is 9.88. The minimum atomic E-state index is -0.194. The van der Waals surface area contributed by atoms with Crippen LogP contribution in [0.5, 0.6) is 0 Å². The second-order valence-electron chi connectivity index (χ2n) is 15.5. The number of ketones is 2. The smallest absolute Gasteiger partial charge is 0.184 e. The molecule has 0 radical (unpaired) electrons. The summed E-state index contributed by atoms with van der Waals surface area (Å²) in [7, 11) is 0. The Morgan fingerprint density at radius 1 is 0.344 bits per heavy atom. The van der Waals surface area contributed by atoms with Crippen LogP contribution >= 0.6 is 0 Å². The van der Waals surface area contributed by atoms with Gasteiger partial charge in [-0.3, -0.25) is 9.59 Å². The molecule has 0 saturated carbocycles. The number of benzene rings is 6. The van der Waals surface area contributed by atoms with Gasteiger partial charge in [-0.15, -0.1) is 10.2 Å². The second-order valence-corrected chi connectivity index (χ2v) is 15.5. The molecule has 312 valence electrons. The Kier molecular flexibility index (Phi) is 12.6. The van der Waals surface area contributed by atoms with Crippen molar-refractivity contribution in [1.82, 2.24) is 10.3 Å². The summed E-state index contributed by atoms with van der Waals surface area (Å²) >= 11 is 0. The molecule has 64 heavy (non-hydrogen) atoms. The number of carbonyl (C=O) groups is 2. The topological polar surface area (TPSA) is 136 Å². The van der Waals surface area contributed by atoms with Crippen LogP contribution in [0.1, 0.15) is 71.3 Å². The lowest BCUT2D eigenvalue weighted by molar-refractivity contribution is -0.114. The monoisotopic (exact) mass is 838 g/mol. The number of carbonyl (C=O) groups excluding carboxylic acids is 2. The molecule has 0 unspecified atom stereocenters. The van der Waals surface area contributed by atoms with Crippen LogP contribution in [0.25, 0.3) is 22.5 Å². The zero-order chi connectivity index (χ0) is 43.5. The SMILES string of the molecule is O=C1C[C@H](c2cc(-c3ccccc3)no2)C/C(c2ccccc2)=N\N=C/1c1ccccc1.O=C1C[C@H](c2cc(-c3ccccc3)no2)C/C(c2ccccc2)=N\N=C/1c1ccccc1. The predicted octanol–water partition coefficient (Wildman–Crippen LogP) is 11.4. The molecule has 0 bridgehead atoms. The maximum atomic E-state index is 13.2. The molecule has 2 atom stereocenters. The summed E-state index contributed by atoms with van der Waals surface area (Å²) in [4.78, 5) is 26.4. The van der Waals surface area contributed by atoms with E-state index in [-0.39, 0.29) is 36.2 Å². The van der Waals surface area contributed by atoms with E-state index < -0.39 is 0 Å². The Bertz CT molecular complexity index is 2760. The molecule has 0 spiro atoms. The molecule has 0 amide bonds. The quantitative estimate of drug-likeness (QED) is 0.149. The van der Waals surface area contributed by atoms with Gasteiger partial charge in [0, 0.05) is 71.9 Å². The molecule has 0 saturated heterocycles. The predicted molar refractivity (Wildman–Crippen MR) is 250 cm³/mol. The van der Waals surface area contributed by atoms with Crippen LogP contribution in [-0.4, -0.2) is 44.7 Å². The Labute approximate surface area is 370 Å². The van der Waals surface area contributed by atoms with Gasteiger partial charge < -0.3 is 9.05 Å². The highest BCUT2D eigenvalue weighted by Crippen LogP contribution is 2.33. The fourth-order valence-corrected chi connectivity index (χ4v) is 7.76. The highest BCUT2D eigenvalue weighted by molar-refractivity contribution is 6.47. The van der Waals surface area contributed by atoms with Gasteiger partial charge in [-0.05, 0) is 11.1 Å². The molecule has 10 rings (SSSR count). The van der Waals surface area contributed by atoms with Gasteiger partial charge in [-0.2, -0.15) is 10.2 Å². The lowest BCUT2D eigenvalue weighted by Crippen LogP contribution is -2.22. The van der Waals surface area contributed by atoms with Gasteiger partial charge in [0.25, 0.3) is 0 Å². The normalized spacial score (nSPS) is 19.9. The zero-order valence-corrected chi connectivity index (χ0v) is 34.8. The Morgan fingerprint density at radius 2 is 0.641 bits per heavy atom. The Hall–Kier alpha value is -8.24. The zero-order valence-electron chi connectivity index (χ0n) is 34.8. The molecule has 2 aliphatic heterocycles. The molecular weight excluding hydrogens is 797 g/mol. The molecule has 0 aliphatic carbocycles. The van der Waals surface area contributed by atoms with Crippen LogP contribution < -0.4 is 0 Å². The van der Waals surface area contributed by atoms with E-state index >= 15 is 0 Å². The average Bonchev–Trinajstić information content (AvgIpc) is 4.05. The van der Waals surface area contributed by atoms with Gasteiger partial charge in [-0.1, -0.05) is 192 Å². The molecule has 10 heteroatoms. The van der Waals surface area contributed by atoms with E-state index in [9.17, 15) is 9.59 Å². The summed E-state index contributed by atoms with van der Waals surface area (Å²) in [5.41, 5.74) is 9.30. The largest absolute Gasteiger partial charge is 0.360 e. The number of rotatable bonds is 8. The molecule has 2 aliphatic rings. The minimum absolute atomic E-state index is 0.0604. The molecule has 6 aromatic carbocycles. The van der Waals surface area contributed by atoms with Crippen LogP contribution in [0.15, 0.2) is 224 Å². The fraction of sp³-hybridized carbons (Fsp3) is 0.111. The Morgan fingerprint density at radius 3 is 0.969 bits per heavy atom. The van der Waals surface area contributed by atoms with Gasteiger partial charge in [0.15, 0.2) is 11.6 Å². The standard InChI is InChI=1S/2C27H21N3O2/c2*31-25-17-22(26-18-24(30-32-26)20-12-6-2-7-13-20)16-23(19-10-4-1-5-11-19)28-29-27(25)21-14-8-3-9-15-21/h2*1-15,18,22H,16-17H2/b2*28-23+,29-27-/t2*22-/m11/s1. The molecule has 0 fully saturated rings. The highest BCUT2D eigenvalue weighted by Gasteiger charge is 2.30. The number of hydrogen-bond donors (Lipinski definition) is 0. The van der Waals surface area contributed by atoms with Crippen molar-refractivity contribution in [2.75, 3.05) is 0 Å². The van der Waals surface area contributed by atoms with E-state index in [1.807, 2.05) is 194 Å². The summed E-state index contributed by atoms with van der Waals surface area (Å²) in [5.74, 6) is 0.844. The molecule has 10 nitrogen and oxygen atoms in total. The fourth-order valence-electron chi connectivity index (χ4n) is 7.76. The van der Waals surface area contributed by atoms with Gasteiger partial charge in [0.2, 0.25) is 0 Å².